The van der Waals surface area contributed by atoms with Gasteiger partial charge in [-0.1, -0.05) is 18.2 Å². The summed E-state index contributed by atoms with van der Waals surface area (Å²) in [6.07, 6.45) is 2.72. The van der Waals surface area contributed by atoms with Crippen LogP contribution in [0.3, 0.4) is 0 Å². The van der Waals surface area contributed by atoms with Gasteiger partial charge in [0, 0.05) is 55.7 Å². The van der Waals surface area contributed by atoms with Gasteiger partial charge in [-0.3, -0.25) is 9.78 Å². The second kappa shape index (κ2) is 7.77. The maximum atomic E-state index is 12.5. The van der Waals surface area contributed by atoms with Gasteiger partial charge in [-0.15, -0.1) is 0 Å². The van der Waals surface area contributed by atoms with Crippen LogP contribution < -0.4 is 15.4 Å². The zero-order valence-corrected chi connectivity index (χ0v) is 18.2. The second-order valence-corrected chi connectivity index (χ2v) is 8.47. The standard InChI is InChI=1S/C23H27N7O/c1-15-12-17-6-4-5-7-20(17)30(15)23-26-19(13-21(31)27-23)18-14-24-22(25-16(18)2)29-10-8-28(3)9-11-29/h4-7,13-15H,8-12H2,1-3H3,(H,26,27,31)/t15-/m1/s1. The van der Waals surface area contributed by atoms with E-state index in [1.165, 1.54) is 11.6 Å². The fourth-order valence-electron chi connectivity index (χ4n) is 4.45. The zero-order valence-electron chi connectivity index (χ0n) is 18.2. The lowest BCUT2D eigenvalue weighted by Gasteiger charge is -2.32. The van der Waals surface area contributed by atoms with E-state index in [9.17, 15) is 4.79 Å². The summed E-state index contributed by atoms with van der Waals surface area (Å²) in [5, 5.41) is 0. The highest BCUT2D eigenvalue weighted by molar-refractivity contribution is 5.69. The van der Waals surface area contributed by atoms with Crippen molar-refractivity contribution in [2.24, 2.45) is 0 Å². The lowest BCUT2D eigenvalue weighted by atomic mass is 10.1. The number of hydrogen-bond donors (Lipinski definition) is 1. The molecule has 3 aromatic rings. The molecule has 2 aliphatic rings. The summed E-state index contributed by atoms with van der Waals surface area (Å²) in [7, 11) is 2.13. The fourth-order valence-corrected chi connectivity index (χ4v) is 4.45. The number of rotatable bonds is 3. The van der Waals surface area contributed by atoms with Crippen LogP contribution in [-0.4, -0.2) is 64.1 Å². The van der Waals surface area contributed by atoms with Crippen molar-refractivity contribution in [3.63, 3.8) is 0 Å². The van der Waals surface area contributed by atoms with E-state index in [0.717, 1.165) is 55.5 Å². The first-order valence-electron chi connectivity index (χ1n) is 10.8. The van der Waals surface area contributed by atoms with Crippen molar-refractivity contribution in [2.45, 2.75) is 26.3 Å². The van der Waals surface area contributed by atoms with Crippen molar-refractivity contribution in [2.75, 3.05) is 43.0 Å². The number of aromatic nitrogens is 4. The molecule has 8 heteroatoms. The minimum Gasteiger partial charge on any atom is -0.338 e. The van der Waals surface area contributed by atoms with Crippen LogP contribution in [0.25, 0.3) is 11.3 Å². The van der Waals surface area contributed by atoms with Gasteiger partial charge >= 0.3 is 0 Å². The predicted octanol–water partition coefficient (Wildman–Crippen LogP) is 2.37. The highest BCUT2D eigenvalue weighted by atomic mass is 16.1. The largest absolute Gasteiger partial charge is 0.338 e. The van der Waals surface area contributed by atoms with E-state index < -0.39 is 0 Å². The van der Waals surface area contributed by atoms with Gasteiger partial charge in [-0.25, -0.2) is 15.0 Å². The molecule has 1 atom stereocenters. The van der Waals surface area contributed by atoms with Crippen LogP contribution >= 0.6 is 0 Å². The molecule has 5 rings (SSSR count). The number of likely N-dealkylation sites (N-methyl/N-ethyl adjacent to an activating group) is 1. The van der Waals surface area contributed by atoms with Crippen molar-refractivity contribution in [1.29, 1.82) is 0 Å². The first-order valence-corrected chi connectivity index (χ1v) is 10.8. The van der Waals surface area contributed by atoms with Gasteiger partial charge in [0.25, 0.3) is 5.56 Å². The maximum absolute atomic E-state index is 12.5. The average Bonchev–Trinajstić information content (AvgIpc) is 3.09. The maximum Gasteiger partial charge on any atom is 0.252 e. The topological polar surface area (TPSA) is 81.2 Å². The quantitative estimate of drug-likeness (QED) is 0.701. The number of H-pyrrole nitrogens is 1. The minimum atomic E-state index is -0.181. The lowest BCUT2D eigenvalue weighted by Crippen LogP contribution is -2.45. The summed E-state index contributed by atoms with van der Waals surface area (Å²) in [5.74, 6) is 1.30. The first kappa shape index (κ1) is 19.7. The Hall–Kier alpha value is -3.26. The normalized spacial score (nSPS) is 19.0. The summed E-state index contributed by atoms with van der Waals surface area (Å²) < 4.78 is 0. The molecule has 4 heterocycles. The molecule has 0 amide bonds. The minimum absolute atomic E-state index is 0.181. The molecular formula is C23H27N7O. The highest BCUT2D eigenvalue weighted by Crippen LogP contribution is 2.36. The van der Waals surface area contributed by atoms with E-state index in [1.54, 1.807) is 6.20 Å². The number of para-hydroxylation sites is 1. The van der Waals surface area contributed by atoms with Crippen LogP contribution in [0.2, 0.25) is 0 Å². The third-order valence-electron chi connectivity index (χ3n) is 6.19. The Morgan fingerprint density at radius 3 is 2.65 bits per heavy atom. The van der Waals surface area contributed by atoms with E-state index in [4.69, 9.17) is 9.97 Å². The molecule has 0 saturated carbocycles. The summed E-state index contributed by atoms with van der Waals surface area (Å²) in [4.78, 5) is 36.2. The Bertz CT molecular complexity index is 1170. The number of nitrogens with one attached hydrogen (secondary N) is 1. The molecule has 0 spiro atoms. The number of anilines is 3. The van der Waals surface area contributed by atoms with Crippen molar-refractivity contribution < 1.29 is 0 Å². The van der Waals surface area contributed by atoms with E-state index in [0.29, 0.717) is 11.6 Å². The number of aromatic amines is 1. The first-order chi connectivity index (χ1) is 15.0. The molecule has 1 saturated heterocycles. The molecule has 160 valence electrons. The average molecular weight is 418 g/mol. The Labute approximate surface area is 181 Å². The second-order valence-electron chi connectivity index (χ2n) is 8.47. The fraction of sp³-hybridized carbons (Fsp3) is 0.391. The van der Waals surface area contributed by atoms with E-state index >= 15 is 0 Å². The molecule has 1 N–H and O–H groups in total. The third-order valence-corrected chi connectivity index (χ3v) is 6.19. The summed E-state index contributed by atoms with van der Waals surface area (Å²) in [6.45, 7) is 7.92. The van der Waals surface area contributed by atoms with E-state index in [1.807, 2.05) is 19.1 Å². The van der Waals surface area contributed by atoms with Crippen LogP contribution in [0, 0.1) is 6.92 Å². The molecule has 31 heavy (non-hydrogen) atoms. The van der Waals surface area contributed by atoms with Crippen LogP contribution in [0.15, 0.2) is 41.3 Å². The van der Waals surface area contributed by atoms with Crippen LogP contribution in [0.1, 0.15) is 18.2 Å². The predicted molar refractivity (Wildman–Crippen MR) is 122 cm³/mol. The van der Waals surface area contributed by atoms with Gasteiger partial charge in [-0.05, 0) is 38.9 Å². The molecule has 2 aliphatic heterocycles. The van der Waals surface area contributed by atoms with Crippen LogP contribution in [0.5, 0.6) is 0 Å². The van der Waals surface area contributed by atoms with E-state index in [-0.39, 0.29) is 11.6 Å². The van der Waals surface area contributed by atoms with Crippen molar-refractivity contribution in [1.82, 2.24) is 24.8 Å². The number of hydrogen-bond acceptors (Lipinski definition) is 7. The van der Waals surface area contributed by atoms with Crippen LogP contribution in [0.4, 0.5) is 17.6 Å². The van der Waals surface area contributed by atoms with Crippen molar-refractivity contribution >= 4 is 17.6 Å². The molecule has 0 bridgehead atoms. The number of nitrogens with zero attached hydrogens (tertiary/aromatic N) is 6. The Kier molecular flexibility index (Phi) is 4.94. The van der Waals surface area contributed by atoms with Gasteiger partial charge in [0.2, 0.25) is 11.9 Å². The number of aryl methyl sites for hydroxylation is 1. The van der Waals surface area contributed by atoms with Crippen molar-refractivity contribution in [3.8, 4) is 11.3 Å². The number of benzene rings is 1. The van der Waals surface area contributed by atoms with Gasteiger partial charge in [0.1, 0.15) is 0 Å². The van der Waals surface area contributed by atoms with Crippen LogP contribution in [-0.2, 0) is 6.42 Å². The lowest BCUT2D eigenvalue weighted by molar-refractivity contribution is 0.311. The Balaban J connectivity index is 1.49. The smallest absolute Gasteiger partial charge is 0.252 e. The third kappa shape index (κ3) is 3.67. The summed E-state index contributed by atoms with van der Waals surface area (Å²) >= 11 is 0. The zero-order chi connectivity index (χ0) is 21.5. The number of fused-ring (bicyclic) bond motifs is 1. The Morgan fingerprint density at radius 2 is 1.87 bits per heavy atom. The molecule has 8 nitrogen and oxygen atoms in total. The molecule has 1 fully saturated rings. The monoisotopic (exact) mass is 417 g/mol. The Morgan fingerprint density at radius 1 is 1.10 bits per heavy atom. The molecule has 0 aliphatic carbocycles. The SMILES string of the molecule is Cc1nc(N2CCN(C)CC2)ncc1-c1cc(=O)[nH]c(N2c3ccccc3C[C@H]2C)n1. The van der Waals surface area contributed by atoms with Gasteiger partial charge in [-0.2, -0.15) is 0 Å². The van der Waals surface area contributed by atoms with Gasteiger partial charge in [0.05, 0.1) is 11.4 Å². The molecule has 2 aromatic heterocycles. The summed E-state index contributed by atoms with van der Waals surface area (Å²) in [5.41, 5.74) is 4.37. The number of piperazine rings is 1. The summed E-state index contributed by atoms with van der Waals surface area (Å²) in [6, 6.07) is 10.0. The van der Waals surface area contributed by atoms with Gasteiger partial charge < -0.3 is 14.7 Å². The van der Waals surface area contributed by atoms with Crippen molar-refractivity contribution in [3.05, 3.63) is 58.1 Å². The van der Waals surface area contributed by atoms with Gasteiger partial charge in [0.15, 0.2) is 0 Å². The molecule has 0 radical (unpaired) electrons. The molecule has 1 aromatic carbocycles. The van der Waals surface area contributed by atoms with E-state index in [2.05, 4.69) is 50.8 Å². The molecule has 0 unspecified atom stereocenters. The molecular weight excluding hydrogens is 390 g/mol. The highest BCUT2D eigenvalue weighted by Gasteiger charge is 2.29.